The van der Waals surface area contributed by atoms with Gasteiger partial charge in [0.1, 0.15) is 36.6 Å². The van der Waals surface area contributed by atoms with Crippen molar-refractivity contribution >= 4 is 5.91 Å². The van der Waals surface area contributed by atoms with Crippen LogP contribution in [0.5, 0.6) is 0 Å². The van der Waals surface area contributed by atoms with Gasteiger partial charge in [-0.05, 0) is 51.4 Å². The molecule has 0 aliphatic carbocycles. The quantitative estimate of drug-likeness (QED) is 0.0217. The summed E-state index contributed by atoms with van der Waals surface area (Å²) in [7, 11) is 0. The highest BCUT2D eigenvalue weighted by molar-refractivity contribution is 5.80. The van der Waals surface area contributed by atoms with Gasteiger partial charge in [-0.25, -0.2) is 0 Å². The predicted octanol–water partition coefficient (Wildman–Crippen LogP) is 9.01. The molecule has 360 valence electrons. The third kappa shape index (κ3) is 29.6. The Bertz CT molecular complexity index is 1040. The zero-order valence-electron chi connectivity index (χ0n) is 38.9. The summed E-state index contributed by atoms with van der Waals surface area (Å²) in [5.74, 6) is -0.709. The lowest BCUT2D eigenvalue weighted by molar-refractivity contribution is -0.303. The van der Waals surface area contributed by atoms with Crippen molar-refractivity contribution in [3.8, 4) is 0 Å². The number of hydrogen-bond donors (Lipinski definition) is 8. The lowest BCUT2D eigenvalue weighted by Crippen LogP contribution is -2.60. The van der Waals surface area contributed by atoms with Crippen LogP contribution in [0.4, 0.5) is 0 Å². The molecule has 1 rings (SSSR count). The average molecular weight is 870 g/mol. The fourth-order valence-electron chi connectivity index (χ4n) is 8.05. The molecule has 0 radical (unpaired) electrons. The van der Waals surface area contributed by atoms with Gasteiger partial charge < -0.3 is 50.5 Å². The van der Waals surface area contributed by atoms with Crippen molar-refractivity contribution in [1.82, 2.24) is 5.32 Å². The van der Waals surface area contributed by atoms with E-state index in [0.29, 0.717) is 19.3 Å². The normalized spacial score (nSPS) is 21.6. The standard InChI is InChI=1S/C50H95NO10/c1-3-5-7-9-11-13-15-17-18-19-20-21-22-23-24-25-26-28-30-32-34-36-38-43(54)49(59)51-41(40-60-50-48(58)47(57)46(56)44(39-52)61-50)45(55)42(53)37-35-33-31-29-27-16-14-12-10-8-6-4-2/h12,14,29,31,41-48,50,52-58H,3-11,13,15-28,30,32-40H2,1-2H3,(H,51,59)/b14-12+,31-29+. The zero-order chi connectivity index (χ0) is 44.8. The average Bonchev–Trinajstić information content (AvgIpc) is 3.26. The smallest absolute Gasteiger partial charge is 0.249 e. The molecule has 11 nitrogen and oxygen atoms in total. The molecule has 0 bridgehead atoms. The molecule has 1 saturated heterocycles. The second-order valence-electron chi connectivity index (χ2n) is 17.9. The molecule has 9 unspecified atom stereocenters. The Kier molecular flexibility index (Phi) is 37.9. The number of nitrogens with one attached hydrogen (secondary N) is 1. The third-order valence-electron chi connectivity index (χ3n) is 12.2. The number of rotatable bonds is 42. The van der Waals surface area contributed by atoms with Gasteiger partial charge in [0.25, 0.3) is 0 Å². The van der Waals surface area contributed by atoms with Gasteiger partial charge in [-0.2, -0.15) is 0 Å². The number of aliphatic hydroxyl groups is 7. The largest absolute Gasteiger partial charge is 0.394 e. The second kappa shape index (κ2) is 40.1. The van der Waals surface area contributed by atoms with Crippen LogP contribution in [0, 0.1) is 0 Å². The summed E-state index contributed by atoms with van der Waals surface area (Å²) in [6.07, 6.45) is 33.8. The van der Waals surface area contributed by atoms with Crippen molar-refractivity contribution in [3.05, 3.63) is 24.3 Å². The highest BCUT2D eigenvalue weighted by atomic mass is 16.7. The van der Waals surface area contributed by atoms with Gasteiger partial charge >= 0.3 is 0 Å². The highest BCUT2D eigenvalue weighted by Gasteiger charge is 2.44. The molecule has 1 aliphatic heterocycles. The number of aliphatic hydroxyl groups excluding tert-OH is 7. The minimum Gasteiger partial charge on any atom is -0.394 e. The number of carbonyl (C=O) groups is 1. The van der Waals surface area contributed by atoms with Gasteiger partial charge in [0, 0.05) is 0 Å². The van der Waals surface area contributed by atoms with E-state index in [1.165, 1.54) is 135 Å². The Hall–Kier alpha value is -1.41. The molecule has 0 aromatic rings. The highest BCUT2D eigenvalue weighted by Crippen LogP contribution is 2.23. The van der Waals surface area contributed by atoms with Gasteiger partial charge in [-0.1, -0.05) is 192 Å². The first kappa shape index (κ1) is 57.6. The number of hydrogen-bond acceptors (Lipinski definition) is 10. The Morgan fingerprint density at radius 2 is 0.984 bits per heavy atom. The second-order valence-corrected chi connectivity index (χ2v) is 17.9. The fraction of sp³-hybridized carbons (Fsp3) is 0.900. The Labute approximate surface area is 372 Å². The summed E-state index contributed by atoms with van der Waals surface area (Å²) < 4.78 is 11.1. The van der Waals surface area contributed by atoms with E-state index in [2.05, 4.69) is 43.5 Å². The van der Waals surface area contributed by atoms with Crippen LogP contribution >= 0.6 is 0 Å². The number of ether oxygens (including phenoxy) is 2. The molecule has 1 amide bonds. The molecule has 1 fully saturated rings. The van der Waals surface area contributed by atoms with E-state index in [9.17, 15) is 40.5 Å². The lowest BCUT2D eigenvalue weighted by atomic mass is 9.98. The molecule has 0 spiro atoms. The maximum atomic E-state index is 13.1. The van der Waals surface area contributed by atoms with E-state index in [-0.39, 0.29) is 12.8 Å². The van der Waals surface area contributed by atoms with Crippen molar-refractivity contribution in [1.29, 1.82) is 0 Å². The maximum absolute atomic E-state index is 13.1. The summed E-state index contributed by atoms with van der Waals surface area (Å²) in [5.41, 5.74) is 0. The van der Waals surface area contributed by atoms with E-state index in [1.54, 1.807) is 0 Å². The van der Waals surface area contributed by atoms with Gasteiger partial charge in [0.15, 0.2) is 6.29 Å². The van der Waals surface area contributed by atoms with Crippen LogP contribution in [0.25, 0.3) is 0 Å². The van der Waals surface area contributed by atoms with Crippen LogP contribution in [0.3, 0.4) is 0 Å². The number of unbranched alkanes of at least 4 members (excludes halogenated alkanes) is 26. The zero-order valence-corrected chi connectivity index (χ0v) is 38.9. The SMILES string of the molecule is CCCCC/C=C/CC/C=C/CCCC(O)C(O)C(COC1OC(CO)C(O)C(O)C1O)NC(=O)C(O)CCCCCCCCCCCCCCCCCCCCCCCC. The van der Waals surface area contributed by atoms with E-state index < -0.39 is 74.2 Å². The van der Waals surface area contributed by atoms with Gasteiger partial charge in [0.05, 0.1) is 25.4 Å². The number of allylic oxidation sites excluding steroid dienone is 4. The van der Waals surface area contributed by atoms with Crippen molar-refractivity contribution in [2.45, 2.75) is 274 Å². The summed E-state index contributed by atoms with van der Waals surface area (Å²) in [5, 5.41) is 75.7. The molecule has 61 heavy (non-hydrogen) atoms. The molecule has 1 heterocycles. The van der Waals surface area contributed by atoms with Gasteiger partial charge in [0.2, 0.25) is 5.91 Å². The van der Waals surface area contributed by atoms with Crippen molar-refractivity contribution in [2.24, 2.45) is 0 Å². The Morgan fingerprint density at radius 1 is 0.557 bits per heavy atom. The molecule has 0 saturated carbocycles. The summed E-state index contributed by atoms with van der Waals surface area (Å²) >= 11 is 0. The van der Waals surface area contributed by atoms with Crippen molar-refractivity contribution < 1.29 is 50.0 Å². The summed E-state index contributed by atoms with van der Waals surface area (Å²) in [4.78, 5) is 13.1. The monoisotopic (exact) mass is 870 g/mol. The number of amides is 1. The predicted molar refractivity (Wildman–Crippen MR) is 247 cm³/mol. The molecule has 9 atom stereocenters. The lowest BCUT2D eigenvalue weighted by Gasteiger charge is -2.40. The van der Waals surface area contributed by atoms with E-state index in [4.69, 9.17) is 9.47 Å². The van der Waals surface area contributed by atoms with Crippen LogP contribution < -0.4 is 5.32 Å². The Balaban J connectivity index is 2.36. The van der Waals surface area contributed by atoms with Crippen molar-refractivity contribution in [3.63, 3.8) is 0 Å². The van der Waals surface area contributed by atoms with Crippen LogP contribution in [0.15, 0.2) is 24.3 Å². The fourth-order valence-corrected chi connectivity index (χ4v) is 8.05. The molecule has 0 aromatic heterocycles. The molecule has 11 heteroatoms. The van der Waals surface area contributed by atoms with Gasteiger partial charge in [-0.3, -0.25) is 4.79 Å². The minimum atomic E-state index is -1.67. The first-order chi connectivity index (χ1) is 29.7. The van der Waals surface area contributed by atoms with Crippen LogP contribution in [0.1, 0.15) is 219 Å². The van der Waals surface area contributed by atoms with E-state index in [1.807, 2.05) is 0 Å². The minimum absolute atomic E-state index is 0.247. The maximum Gasteiger partial charge on any atom is 0.249 e. The van der Waals surface area contributed by atoms with Crippen LogP contribution in [-0.4, -0.2) is 110 Å². The first-order valence-electron chi connectivity index (χ1n) is 25.2. The summed E-state index contributed by atoms with van der Waals surface area (Å²) in [6.45, 7) is 3.40. The summed E-state index contributed by atoms with van der Waals surface area (Å²) in [6, 6.07) is -1.19. The van der Waals surface area contributed by atoms with E-state index in [0.717, 1.165) is 38.5 Å². The molecule has 0 aromatic carbocycles. The third-order valence-corrected chi connectivity index (χ3v) is 12.2. The molecule has 1 aliphatic rings. The van der Waals surface area contributed by atoms with Gasteiger partial charge in [-0.15, -0.1) is 0 Å². The molecular formula is C50H95NO10. The van der Waals surface area contributed by atoms with Crippen LogP contribution in [-0.2, 0) is 14.3 Å². The Morgan fingerprint density at radius 3 is 1.46 bits per heavy atom. The van der Waals surface area contributed by atoms with E-state index >= 15 is 0 Å². The molecular weight excluding hydrogens is 775 g/mol. The topological polar surface area (TPSA) is 189 Å². The first-order valence-corrected chi connectivity index (χ1v) is 25.2. The van der Waals surface area contributed by atoms with Crippen LogP contribution in [0.2, 0.25) is 0 Å². The number of carbonyl (C=O) groups excluding carboxylic acids is 1. The molecule has 8 N–H and O–H groups in total. The van der Waals surface area contributed by atoms with Crippen molar-refractivity contribution in [2.75, 3.05) is 13.2 Å².